The van der Waals surface area contributed by atoms with Crippen LogP contribution in [0.5, 0.6) is 0 Å². The third kappa shape index (κ3) is 2.39. The zero-order valence-electron chi connectivity index (χ0n) is 6.94. The van der Waals surface area contributed by atoms with Gasteiger partial charge in [-0.3, -0.25) is 4.79 Å². The molecule has 0 spiro atoms. The number of nitrogens with zero attached hydrogens (tertiary/aromatic N) is 2. The van der Waals surface area contributed by atoms with Gasteiger partial charge in [0.2, 0.25) is 0 Å². The number of thiazole rings is 1. The number of aromatic nitrogens is 1. The molecule has 0 fully saturated rings. The molecular formula is C8H7N3OS. The summed E-state index contributed by atoms with van der Waals surface area (Å²) in [4.78, 5) is 15.0. The van der Waals surface area contributed by atoms with Gasteiger partial charge < -0.3 is 5.32 Å². The van der Waals surface area contributed by atoms with E-state index in [0.717, 1.165) is 0 Å². The molecular weight excluding hydrogens is 186 g/mol. The molecule has 66 valence electrons. The Kier molecular flexibility index (Phi) is 3.17. The van der Waals surface area contributed by atoms with Crippen LogP contribution >= 0.6 is 11.3 Å². The molecule has 1 amide bonds. The van der Waals surface area contributed by atoms with E-state index in [1.807, 2.05) is 0 Å². The summed E-state index contributed by atoms with van der Waals surface area (Å²) in [6, 6.07) is 1.81. The first kappa shape index (κ1) is 9.42. The van der Waals surface area contributed by atoms with Gasteiger partial charge in [0.05, 0.1) is 0 Å². The molecule has 0 aromatic carbocycles. The molecule has 1 aromatic rings. The minimum Gasteiger partial charge on any atom is -0.354 e. The third-order valence-electron chi connectivity index (χ3n) is 1.31. The Morgan fingerprint density at radius 2 is 2.62 bits per heavy atom. The average Bonchev–Trinajstić information content (AvgIpc) is 2.65. The summed E-state index contributed by atoms with van der Waals surface area (Å²) in [5.74, 6) is -0.391. The van der Waals surface area contributed by atoms with Crippen LogP contribution in [0.1, 0.15) is 5.01 Å². The summed E-state index contributed by atoms with van der Waals surface area (Å²) in [6.07, 6.45) is 3.08. The van der Waals surface area contributed by atoms with Gasteiger partial charge in [0.25, 0.3) is 5.91 Å². The van der Waals surface area contributed by atoms with Gasteiger partial charge in [0.1, 0.15) is 16.6 Å². The van der Waals surface area contributed by atoms with Crippen molar-refractivity contribution in [2.24, 2.45) is 0 Å². The number of carbonyl (C=O) groups is 1. The van der Waals surface area contributed by atoms with Gasteiger partial charge >= 0.3 is 0 Å². The van der Waals surface area contributed by atoms with Crippen molar-refractivity contribution in [3.63, 3.8) is 0 Å². The summed E-state index contributed by atoms with van der Waals surface area (Å²) >= 11 is 1.38. The summed E-state index contributed by atoms with van der Waals surface area (Å²) in [5.41, 5.74) is 0.0671. The number of hydrogen-bond donors (Lipinski definition) is 1. The standard InChI is InChI=1S/C8H7N3OS/c1-10-8(12)6(5-9)4-7-11-2-3-13-7/h2-4H,1H3,(H,10,12). The molecule has 1 aromatic heterocycles. The largest absolute Gasteiger partial charge is 0.354 e. The van der Waals surface area contributed by atoms with Gasteiger partial charge in [-0.25, -0.2) is 4.98 Å². The monoisotopic (exact) mass is 193 g/mol. The van der Waals surface area contributed by atoms with Gasteiger partial charge in [0.15, 0.2) is 0 Å². The fourth-order valence-electron chi connectivity index (χ4n) is 0.712. The van der Waals surface area contributed by atoms with E-state index in [9.17, 15) is 4.79 Å². The van der Waals surface area contributed by atoms with Crippen molar-refractivity contribution in [1.82, 2.24) is 10.3 Å². The zero-order chi connectivity index (χ0) is 9.68. The highest BCUT2D eigenvalue weighted by molar-refractivity contribution is 7.10. The lowest BCUT2D eigenvalue weighted by Crippen LogP contribution is -2.19. The second-order valence-electron chi connectivity index (χ2n) is 2.12. The Morgan fingerprint density at radius 1 is 1.85 bits per heavy atom. The number of hydrogen-bond acceptors (Lipinski definition) is 4. The molecule has 0 unspecified atom stereocenters. The first-order valence-electron chi connectivity index (χ1n) is 3.51. The molecule has 0 bridgehead atoms. The SMILES string of the molecule is CNC(=O)C(C#N)=Cc1nccs1. The Morgan fingerprint density at radius 3 is 3.08 bits per heavy atom. The lowest BCUT2D eigenvalue weighted by atomic mass is 10.2. The number of carbonyl (C=O) groups excluding carboxylic acids is 1. The van der Waals surface area contributed by atoms with Crippen molar-refractivity contribution in [1.29, 1.82) is 5.26 Å². The quantitative estimate of drug-likeness (QED) is 0.558. The van der Waals surface area contributed by atoms with Crippen molar-refractivity contribution < 1.29 is 4.79 Å². The van der Waals surface area contributed by atoms with Crippen LogP contribution in [0, 0.1) is 11.3 Å². The smallest absolute Gasteiger partial charge is 0.261 e. The van der Waals surface area contributed by atoms with Crippen molar-refractivity contribution in [3.05, 3.63) is 22.2 Å². The van der Waals surface area contributed by atoms with Crippen molar-refractivity contribution in [3.8, 4) is 6.07 Å². The average molecular weight is 193 g/mol. The number of likely N-dealkylation sites (N-methyl/N-ethyl adjacent to an activating group) is 1. The predicted molar refractivity (Wildman–Crippen MR) is 49.8 cm³/mol. The molecule has 1 N–H and O–H groups in total. The van der Waals surface area contributed by atoms with E-state index in [2.05, 4.69) is 10.3 Å². The molecule has 0 aliphatic heterocycles. The van der Waals surface area contributed by atoms with E-state index in [1.165, 1.54) is 24.5 Å². The molecule has 1 rings (SSSR count). The maximum absolute atomic E-state index is 11.0. The van der Waals surface area contributed by atoms with E-state index < -0.39 is 5.91 Å². The topological polar surface area (TPSA) is 65.8 Å². The van der Waals surface area contributed by atoms with Crippen molar-refractivity contribution in [2.75, 3.05) is 7.05 Å². The number of rotatable bonds is 2. The Balaban J connectivity index is 2.91. The molecule has 0 aliphatic rings. The molecule has 1 heterocycles. The fourth-order valence-corrected chi connectivity index (χ4v) is 1.28. The molecule has 0 radical (unpaired) electrons. The Labute approximate surface area is 79.5 Å². The van der Waals surface area contributed by atoms with Gasteiger partial charge in [-0.15, -0.1) is 11.3 Å². The van der Waals surface area contributed by atoms with E-state index >= 15 is 0 Å². The highest BCUT2D eigenvalue weighted by Gasteiger charge is 2.06. The van der Waals surface area contributed by atoms with Crippen molar-refractivity contribution >= 4 is 23.3 Å². The molecule has 5 heteroatoms. The van der Waals surface area contributed by atoms with E-state index in [-0.39, 0.29) is 5.57 Å². The zero-order valence-corrected chi connectivity index (χ0v) is 7.76. The number of nitriles is 1. The maximum Gasteiger partial charge on any atom is 0.261 e. The van der Waals surface area contributed by atoms with E-state index in [1.54, 1.807) is 17.6 Å². The summed E-state index contributed by atoms with van der Waals surface area (Å²) in [6.45, 7) is 0. The minimum absolute atomic E-state index is 0.0671. The van der Waals surface area contributed by atoms with Crippen LogP contribution in [0.15, 0.2) is 17.2 Å². The van der Waals surface area contributed by atoms with Gasteiger partial charge in [-0.05, 0) is 6.08 Å². The normalized spacial score (nSPS) is 10.6. The first-order chi connectivity index (χ1) is 6.27. The van der Waals surface area contributed by atoms with Crippen molar-refractivity contribution in [2.45, 2.75) is 0 Å². The number of amides is 1. The highest BCUT2D eigenvalue weighted by Crippen LogP contribution is 2.09. The second-order valence-corrected chi connectivity index (χ2v) is 3.05. The summed E-state index contributed by atoms with van der Waals surface area (Å²) < 4.78 is 0. The molecule has 4 nitrogen and oxygen atoms in total. The van der Waals surface area contributed by atoms with Crippen LogP contribution < -0.4 is 5.32 Å². The first-order valence-corrected chi connectivity index (χ1v) is 4.39. The minimum atomic E-state index is -0.391. The Hall–Kier alpha value is -1.67. The van der Waals surface area contributed by atoms with Gasteiger partial charge in [0, 0.05) is 18.6 Å². The van der Waals surface area contributed by atoms with Crippen LogP contribution in [-0.2, 0) is 4.79 Å². The molecule has 0 atom stereocenters. The predicted octanol–water partition coefficient (Wildman–Crippen LogP) is 0.796. The summed E-state index contributed by atoms with van der Waals surface area (Å²) in [7, 11) is 1.48. The van der Waals surface area contributed by atoms with E-state index in [4.69, 9.17) is 5.26 Å². The molecule has 0 saturated carbocycles. The van der Waals surface area contributed by atoms with Crippen LogP contribution in [0.2, 0.25) is 0 Å². The molecule has 0 aliphatic carbocycles. The summed E-state index contributed by atoms with van der Waals surface area (Å²) in [5, 5.41) is 13.4. The lowest BCUT2D eigenvalue weighted by molar-refractivity contribution is -0.116. The maximum atomic E-state index is 11.0. The van der Waals surface area contributed by atoms with Crippen LogP contribution in [0.4, 0.5) is 0 Å². The van der Waals surface area contributed by atoms with Gasteiger partial charge in [-0.1, -0.05) is 0 Å². The number of nitrogens with one attached hydrogen (secondary N) is 1. The van der Waals surface area contributed by atoms with Crippen LogP contribution in [0.25, 0.3) is 6.08 Å². The van der Waals surface area contributed by atoms with Crippen LogP contribution in [-0.4, -0.2) is 17.9 Å². The third-order valence-corrected chi connectivity index (χ3v) is 2.03. The van der Waals surface area contributed by atoms with E-state index in [0.29, 0.717) is 5.01 Å². The van der Waals surface area contributed by atoms with Crippen LogP contribution in [0.3, 0.4) is 0 Å². The fraction of sp³-hybridized carbons (Fsp3) is 0.125. The van der Waals surface area contributed by atoms with Gasteiger partial charge in [-0.2, -0.15) is 5.26 Å². The molecule has 13 heavy (non-hydrogen) atoms. The Bertz CT molecular complexity index is 361. The second kappa shape index (κ2) is 4.38. The lowest BCUT2D eigenvalue weighted by Gasteiger charge is -1.93. The highest BCUT2D eigenvalue weighted by atomic mass is 32.1. The molecule has 0 saturated heterocycles.